The zero-order valence-electron chi connectivity index (χ0n) is 11.9. The van der Waals surface area contributed by atoms with Gasteiger partial charge in [-0.05, 0) is 49.6 Å². The number of ether oxygens (including phenoxy) is 1. The lowest BCUT2D eigenvalue weighted by molar-refractivity contribution is 0.330. The SMILES string of the molecule is Cc1ccc(C)c(OCCNc2ccccc2C)c1. The lowest BCUT2D eigenvalue weighted by Gasteiger charge is -2.12. The van der Waals surface area contributed by atoms with Gasteiger partial charge < -0.3 is 10.1 Å². The molecule has 2 nitrogen and oxygen atoms in total. The van der Waals surface area contributed by atoms with Crippen molar-refractivity contribution in [2.45, 2.75) is 20.8 Å². The number of benzene rings is 2. The molecule has 0 atom stereocenters. The van der Waals surface area contributed by atoms with E-state index in [1.165, 1.54) is 22.4 Å². The molecule has 2 rings (SSSR count). The zero-order chi connectivity index (χ0) is 13.7. The molecule has 2 aromatic carbocycles. The van der Waals surface area contributed by atoms with E-state index in [-0.39, 0.29) is 0 Å². The minimum absolute atomic E-state index is 0.665. The Morgan fingerprint density at radius 3 is 2.53 bits per heavy atom. The van der Waals surface area contributed by atoms with Gasteiger partial charge in [-0.3, -0.25) is 0 Å². The predicted molar refractivity (Wildman–Crippen MR) is 81.1 cm³/mol. The molecule has 2 heteroatoms. The van der Waals surface area contributed by atoms with Crippen molar-refractivity contribution in [1.29, 1.82) is 0 Å². The lowest BCUT2D eigenvalue weighted by Crippen LogP contribution is -2.12. The molecule has 0 aromatic heterocycles. The van der Waals surface area contributed by atoms with Gasteiger partial charge in [0.15, 0.2) is 0 Å². The molecule has 0 aliphatic heterocycles. The largest absolute Gasteiger partial charge is 0.491 e. The van der Waals surface area contributed by atoms with Crippen molar-refractivity contribution in [3.8, 4) is 5.75 Å². The minimum atomic E-state index is 0.665. The molecule has 19 heavy (non-hydrogen) atoms. The average Bonchev–Trinajstić information content (AvgIpc) is 2.40. The number of nitrogens with one attached hydrogen (secondary N) is 1. The molecule has 0 fully saturated rings. The standard InChI is InChI=1S/C17H21NO/c1-13-8-9-15(3)17(12-13)19-11-10-18-16-7-5-4-6-14(16)2/h4-9,12,18H,10-11H2,1-3H3. The highest BCUT2D eigenvalue weighted by molar-refractivity contribution is 5.50. The minimum Gasteiger partial charge on any atom is -0.491 e. The first-order valence-electron chi connectivity index (χ1n) is 6.66. The fourth-order valence-electron chi connectivity index (χ4n) is 1.98. The second kappa shape index (κ2) is 6.28. The van der Waals surface area contributed by atoms with Crippen LogP contribution in [0.25, 0.3) is 0 Å². The number of rotatable bonds is 5. The number of para-hydroxylation sites is 1. The van der Waals surface area contributed by atoms with E-state index in [1.807, 2.05) is 12.1 Å². The molecular formula is C17H21NO. The van der Waals surface area contributed by atoms with Crippen LogP contribution in [-0.2, 0) is 0 Å². The van der Waals surface area contributed by atoms with Crippen LogP contribution in [0.15, 0.2) is 42.5 Å². The number of anilines is 1. The highest BCUT2D eigenvalue weighted by atomic mass is 16.5. The van der Waals surface area contributed by atoms with E-state index in [9.17, 15) is 0 Å². The van der Waals surface area contributed by atoms with Crippen LogP contribution >= 0.6 is 0 Å². The molecule has 0 spiro atoms. The first-order chi connectivity index (χ1) is 9.16. The van der Waals surface area contributed by atoms with Crippen LogP contribution < -0.4 is 10.1 Å². The Balaban J connectivity index is 1.84. The van der Waals surface area contributed by atoms with Crippen molar-refractivity contribution in [3.63, 3.8) is 0 Å². The van der Waals surface area contributed by atoms with Crippen molar-refractivity contribution in [1.82, 2.24) is 0 Å². The first-order valence-corrected chi connectivity index (χ1v) is 6.66. The van der Waals surface area contributed by atoms with Gasteiger partial charge in [-0.2, -0.15) is 0 Å². The molecule has 0 saturated heterocycles. The Kier molecular flexibility index (Phi) is 4.45. The van der Waals surface area contributed by atoms with Crippen molar-refractivity contribution in [3.05, 3.63) is 59.2 Å². The Bertz CT molecular complexity index is 549. The van der Waals surface area contributed by atoms with Crippen LogP contribution in [0.2, 0.25) is 0 Å². The van der Waals surface area contributed by atoms with Crippen LogP contribution in [0.4, 0.5) is 5.69 Å². The van der Waals surface area contributed by atoms with E-state index in [4.69, 9.17) is 4.74 Å². The van der Waals surface area contributed by atoms with Crippen LogP contribution in [0.5, 0.6) is 5.75 Å². The summed E-state index contributed by atoms with van der Waals surface area (Å²) in [7, 11) is 0. The molecule has 0 aliphatic carbocycles. The van der Waals surface area contributed by atoms with Gasteiger partial charge in [-0.25, -0.2) is 0 Å². The summed E-state index contributed by atoms with van der Waals surface area (Å²) < 4.78 is 5.82. The maximum Gasteiger partial charge on any atom is 0.122 e. The average molecular weight is 255 g/mol. The van der Waals surface area contributed by atoms with Crippen LogP contribution in [0.3, 0.4) is 0 Å². The van der Waals surface area contributed by atoms with E-state index >= 15 is 0 Å². The quantitative estimate of drug-likeness (QED) is 0.812. The Morgan fingerprint density at radius 1 is 0.947 bits per heavy atom. The molecule has 0 amide bonds. The van der Waals surface area contributed by atoms with E-state index < -0.39 is 0 Å². The van der Waals surface area contributed by atoms with E-state index in [0.717, 1.165) is 12.3 Å². The zero-order valence-corrected chi connectivity index (χ0v) is 11.9. The monoisotopic (exact) mass is 255 g/mol. The van der Waals surface area contributed by atoms with Gasteiger partial charge in [0.05, 0.1) is 0 Å². The van der Waals surface area contributed by atoms with Gasteiger partial charge in [0.25, 0.3) is 0 Å². The summed E-state index contributed by atoms with van der Waals surface area (Å²) in [4.78, 5) is 0. The van der Waals surface area contributed by atoms with E-state index in [1.54, 1.807) is 0 Å². The van der Waals surface area contributed by atoms with Crippen molar-refractivity contribution in [2.75, 3.05) is 18.5 Å². The summed E-state index contributed by atoms with van der Waals surface area (Å²) >= 11 is 0. The fourth-order valence-corrected chi connectivity index (χ4v) is 1.98. The highest BCUT2D eigenvalue weighted by Crippen LogP contribution is 2.19. The predicted octanol–water partition coefficient (Wildman–Crippen LogP) is 4.10. The molecule has 0 bridgehead atoms. The number of aryl methyl sites for hydroxylation is 3. The summed E-state index contributed by atoms with van der Waals surface area (Å²) in [6.07, 6.45) is 0. The molecule has 0 unspecified atom stereocenters. The summed E-state index contributed by atoms with van der Waals surface area (Å²) in [6.45, 7) is 7.73. The summed E-state index contributed by atoms with van der Waals surface area (Å²) in [5, 5.41) is 3.39. The number of hydrogen-bond acceptors (Lipinski definition) is 2. The van der Waals surface area contributed by atoms with Gasteiger partial charge in [0.2, 0.25) is 0 Å². The van der Waals surface area contributed by atoms with Crippen LogP contribution in [0, 0.1) is 20.8 Å². The van der Waals surface area contributed by atoms with Gasteiger partial charge in [-0.1, -0.05) is 30.3 Å². The third kappa shape index (κ3) is 3.75. The Labute approximate surface area is 115 Å². The van der Waals surface area contributed by atoms with E-state index in [2.05, 4.69) is 56.4 Å². The fraction of sp³-hybridized carbons (Fsp3) is 0.294. The van der Waals surface area contributed by atoms with Gasteiger partial charge in [0.1, 0.15) is 12.4 Å². The highest BCUT2D eigenvalue weighted by Gasteiger charge is 2.00. The molecule has 0 saturated carbocycles. The maximum atomic E-state index is 5.82. The normalized spacial score (nSPS) is 10.3. The smallest absolute Gasteiger partial charge is 0.122 e. The van der Waals surface area contributed by atoms with Crippen molar-refractivity contribution < 1.29 is 4.74 Å². The maximum absolute atomic E-state index is 5.82. The van der Waals surface area contributed by atoms with E-state index in [0.29, 0.717) is 6.61 Å². The lowest BCUT2D eigenvalue weighted by atomic mass is 10.1. The van der Waals surface area contributed by atoms with Crippen molar-refractivity contribution in [2.24, 2.45) is 0 Å². The molecule has 100 valence electrons. The molecule has 2 aromatic rings. The second-order valence-corrected chi connectivity index (χ2v) is 4.86. The topological polar surface area (TPSA) is 21.3 Å². The molecule has 0 aliphatic rings. The van der Waals surface area contributed by atoms with Gasteiger partial charge in [0, 0.05) is 12.2 Å². The third-order valence-electron chi connectivity index (χ3n) is 3.16. The van der Waals surface area contributed by atoms with Crippen molar-refractivity contribution >= 4 is 5.69 Å². The molecule has 0 heterocycles. The number of hydrogen-bond donors (Lipinski definition) is 1. The summed E-state index contributed by atoms with van der Waals surface area (Å²) in [6, 6.07) is 14.6. The molecule has 0 radical (unpaired) electrons. The summed E-state index contributed by atoms with van der Waals surface area (Å²) in [5.74, 6) is 0.978. The first kappa shape index (κ1) is 13.5. The van der Waals surface area contributed by atoms with Crippen LogP contribution in [-0.4, -0.2) is 13.2 Å². The van der Waals surface area contributed by atoms with Crippen LogP contribution in [0.1, 0.15) is 16.7 Å². The Hall–Kier alpha value is -1.96. The molecular weight excluding hydrogens is 234 g/mol. The molecule has 1 N–H and O–H groups in total. The summed E-state index contributed by atoms with van der Waals surface area (Å²) in [5.41, 5.74) is 4.84. The van der Waals surface area contributed by atoms with Gasteiger partial charge >= 0.3 is 0 Å². The second-order valence-electron chi connectivity index (χ2n) is 4.86. The third-order valence-corrected chi connectivity index (χ3v) is 3.16. The van der Waals surface area contributed by atoms with Gasteiger partial charge in [-0.15, -0.1) is 0 Å². The Morgan fingerprint density at radius 2 is 1.74 bits per heavy atom.